The van der Waals surface area contributed by atoms with Crippen molar-refractivity contribution in [2.24, 2.45) is 5.41 Å². The van der Waals surface area contributed by atoms with Gasteiger partial charge in [-0.05, 0) is 43.9 Å². The van der Waals surface area contributed by atoms with Crippen molar-refractivity contribution in [1.82, 2.24) is 0 Å². The van der Waals surface area contributed by atoms with Crippen molar-refractivity contribution in [3.63, 3.8) is 0 Å². The molecular weight excluding hydrogens is 192 g/mol. The highest BCUT2D eigenvalue weighted by molar-refractivity contribution is 6.20. The number of hydrogen-bond donors (Lipinski definition) is 0. The summed E-state index contributed by atoms with van der Waals surface area (Å²) in [5, 5.41) is 0.452. The summed E-state index contributed by atoms with van der Waals surface area (Å²) in [6.45, 7) is 6.15. The van der Waals surface area contributed by atoms with Gasteiger partial charge in [-0.3, -0.25) is 0 Å². The second-order valence-electron chi connectivity index (χ2n) is 5.04. The Balaban J connectivity index is 2.08. The Morgan fingerprint density at radius 2 is 2.21 bits per heavy atom. The van der Waals surface area contributed by atoms with Gasteiger partial charge in [0.25, 0.3) is 0 Å². The van der Waals surface area contributed by atoms with E-state index >= 15 is 0 Å². The summed E-state index contributed by atoms with van der Waals surface area (Å²) in [4.78, 5) is 0. The lowest BCUT2D eigenvalue weighted by molar-refractivity contribution is 0.296. The Hall–Kier alpha value is 0.0300. The molecule has 1 fully saturated rings. The van der Waals surface area contributed by atoms with Crippen LogP contribution in [0.15, 0.2) is 12.7 Å². The van der Waals surface area contributed by atoms with E-state index in [1.165, 1.54) is 51.4 Å². The normalized spacial score (nSPS) is 32.0. The van der Waals surface area contributed by atoms with Crippen LogP contribution in [0, 0.1) is 5.41 Å². The van der Waals surface area contributed by atoms with E-state index in [0.717, 1.165) is 0 Å². The predicted octanol–water partition coefficient (Wildman–Crippen LogP) is 4.92. The van der Waals surface area contributed by atoms with Gasteiger partial charge in [0.05, 0.1) is 0 Å². The van der Waals surface area contributed by atoms with Crippen molar-refractivity contribution in [2.45, 2.75) is 63.7 Å². The summed E-state index contributed by atoms with van der Waals surface area (Å²) in [6.07, 6.45) is 12.4. The van der Waals surface area contributed by atoms with Gasteiger partial charge in [0.1, 0.15) is 0 Å². The van der Waals surface area contributed by atoms with Crippen LogP contribution in [0.25, 0.3) is 0 Å². The highest BCUT2D eigenvalue weighted by atomic mass is 35.5. The zero-order valence-corrected chi connectivity index (χ0v) is 10.2. The van der Waals surface area contributed by atoms with Gasteiger partial charge in [-0.15, -0.1) is 18.2 Å². The summed E-state index contributed by atoms with van der Waals surface area (Å²) < 4.78 is 0. The van der Waals surface area contributed by atoms with Crippen LogP contribution in [-0.2, 0) is 0 Å². The van der Waals surface area contributed by atoms with Crippen LogP contribution in [0.4, 0.5) is 0 Å². The topological polar surface area (TPSA) is 0 Å². The zero-order valence-electron chi connectivity index (χ0n) is 9.40. The molecule has 0 aromatic carbocycles. The largest absolute Gasteiger partial charge is 0.123 e. The van der Waals surface area contributed by atoms with Crippen molar-refractivity contribution in [3.8, 4) is 0 Å². The molecule has 14 heavy (non-hydrogen) atoms. The molecule has 0 aromatic heterocycles. The fourth-order valence-corrected chi connectivity index (χ4v) is 2.97. The van der Waals surface area contributed by atoms with Gasteiger partial charge in [-0.1, -0.05) is 25.8 Å². The van der Waals surface area contributed by atoms with Gasteiger partial charge in [-0.25, -0.2) is 0 Å². The van der Waals surface area contributed by atoms with E-state index in [2.05, 4.69) is 13.5 Å². The maximum atomic E-state index is 6.15. The van der Waals surface area contributed by atoms with E-state index in [9.17, 15) is 0 Å². The third-order valence-electron chi connectivity index (χ3n) is 3.46. The highest BCUT2D eigenvalue weighted by Crippen LogP contribution is 2.43. The molecular formula is C13H23Cl. The maximum Gasteiger partial charge on any atom is 0.0341 e. The van der Waals surface area contributed by atoms with Crippen LogP contribution in [0.3, 0.4) is 0 Å². The van der Waals surface area contributed by atoms with E-state index in [1.807, 2.05) is 6.08 Å². The fourth-order valence-electron chi connectivity index (χ4n) is 2.49. The van der Waals surface area contributed by atoms with Crippen molar-refractivity contribution in [3.05, 3.63) is 12.7 Å². The van der Waals surface area contributed by atoms with Gasteiger partial charge in [0.15, 0.2) is 0 Å². The third-order valence-corrected chi connectivity index (χ3v) is 3.84. The smallest absolute Gasteiger partial charge is 0.0341 e. The zero-order chi connectivity index (χ0) is 10.4. The minimum Gasteiger partial charge on any atom is -0.123 e. The quantitative estimate of drug-likeness (QED) is 0.335. The predicted molar refractivity (Wildman–Crippen MR) is 64.9 cm³/mol. The molecule has 2 unspecified atom stereocenters. The number of unbranched alkanes of at least 4 members (excludes halogenated alkanes) is 3. The molecule has 0 N–H and O–H groups in total. The summed E-state index contributed by atoms with van der Waals surface area (Å²) in [5.41, 5.74) is 0.556. The molecule has 2 atom stereocenters. The van der Waals surface area contributed by atoms with E-state index in [0.29, 0.717) is 10.8 Å². The standard InChI is InChI=1S/C13H23Cl/c1-3-4-5-6-7-9-13(2)10-8-12(14)11-13/h3,12H,1,4-11H2,2H3. The highest BCUT2D eigenvalue weighted by Gasteiger charge is 2.33. The first kappa shape index (κ1) is 12.1. The first-order chi connectivity index (χ1) is 6.66. The van der Waals surface area contributed by atoms with Crippen LogP contribution in [0.2, 0.25) is 0 Å². The lowest BCUT2D eigenvalue weighted by Gasteiger charge is -2.23. The van der Waals surface area contributed by atoms with Gasteiger partial charge < -0.3 is 0 Å². The molecule has 0 aliphatic heterocycles. The molecule has 82 valence electrons. The molecule has 0 amide bonds. The third kappa shape index (κ3) is 4.04. The second kappa shape index (κ2) is 5.80. The molecule has 0 radical (unpaired) electrons. The van der Waals surface area contributed by atoms with Crippen molar-refractivity contribution in [1.29, 1.82) is 0 Å². The summed E-state index contributed by atoms with van der Waals surface area (Å²) in [5.74, 6) is 0. The van der Waals surface area contributed by atoms with Crippen LogP contribution >= 0.6 is 11.6 Å². The number of allylic oxidation sites excluding steroid dienone is 1. The van der Waals surface area contributed by atoms with Crippen LogP contribution in [0.1, 0.15) is 58.3 Å². The summed E-state index contributed by atoms with van der Waals surface area (Å²) in [7, 11) is 0. The molecule has 0 nitrogen and oxygen atoms in total. The van der Waals surface area contributed by atoms with Gasteiger partial charge in [-0.2, -0.15) is 0 Å². The van der Waals surface area contributed by atoms with E-state index in [1.54, 1.807) is 0 Å². The molecule has 0 aromatic rings. The van der Waals surface area contributed by atoms with E-state index < -0.39 is 0 Å². The maximum absolute atomic E-state index is 6.15. The number of alkyl halides is 1. The Morgan fingerprint density at radius 1 is 1.43 bits per heavy atom. The molecule has 1 saturated carbocycles. The molecule has 0 saturated heterocycles. The van der Waals surface area contributed by atoms with Gasteiger partial charge in [0, 0.05) is 5.38 Å². The average molecular weight is 215 g/mol. The molecule has 0 spiro atoms. The second-order valence-corrected chi connectivity index (χ2v) is 5.66. The molecule has 1 rings (SSSR count). The first-order valence-electron chi connectivity index (χ1n) is 5.91. The Morgan fingerprint density at radius 3 is 2.79 bits per heavy atom. The number of rotatable bonds is 6. The monoisotopic (exact) mass is 214 g/mol. The first-order valence-corrected chi connectivity index (χ1v) is 6.35. The minimum atomic E-state index is 0.452. The van der Waals surface area contributed by atoms with Crippen LogP contribution < -0.4 is 0 Å². The summed E-state index contributed by atoms with van der Waals surface area (Å²) in [6, 6.07) is 0. The minimum absolute atomic E-state index is 0.452. The van der Waals surface area contributed by atoms with Crippen molar-refractivity contribution >= 4 is 11.6 Å². The molecule has 0 bridgehead atoms. The SMILES string of the molecule is C=CCCCCCC1(C)CCC(Cl)C1. The van der Waals surface area contributed by atoms with Gasteiger partial charge >= 0.3 is 0 Å². The Labute approximate surface area is 93.7 Å². The van der Waals surface area contributed by atoms with Crippen molar-refractivity contribution < 1.29 is 0 Å². The van der Waals surface area contributed by atoms with E-state index in [-0.39, 0.29) is 0 Å². The van der Waals surface area contributed by atoms with Gasteiger partial charge in [0.2, 0.25) is 0 Å². The molecule has 0 heterocycles. The Kier molecular flexibility index (Phi) is 5.01. The lowest BCUT2D eigenvalue weighted by atomic mass is 9.83. The van der Waals surface area contributed by atoms with Crippen LogP contribution in [0.5, 0.6) is 0 Å². The number of halogens is 1. The average Bonchev–Trinajstić information content (AvgIpc) is 2.47. The fraction of sp³-hybridized carbons (Fsp3) is 0.846. The Bertz CT molecular complexity index is 176. The van der Waals surface area contributed by atoms with E-state index in [4.69, 9.17) is 11.6 Å². The molecule has 1 heteroatoms. The van der Waals surface area contributed by atoms with Crippen LogP contribution in [-0.4, -0.2) is 5.38 Å². The van der Waals surface area contributed by atoms with Crippen molar-refractivity contribution in [2.75, 3.05) is 0 Å². The number of hydrogen-bond acceptors (Lipinski definition) is 0. The molecule has 1 aliphatic carbocycles. The molecule has 1 aliphatic rings. The lowest BCUT2D eigenvalue weighted by Crippen LogP contribution is -2.11. The summed E-state index contributed by atoms with van der Waals surface area (Å²) >= 11 is 6.15.